The molecule has 3 aromatic rings. The van der Waals surface area contributed by atoms with Gasteiger partial charge in [-0.25, -0.2) is 4.90 Å². The number of hydrogen-bond donors (Lipinski definition) is 0. The fraction of sp³-hybridized carbons (Fsp3) is 0.0800. The summed E-state index contributed by atoms with van der Waals surface area (Å²) >= 11 is 0. The van der Waals surface area contributed by atoms with E-state index in [1.54, 1.807) is 24.3 Å². The molecule has 0 spiro atoms. The minimum atomic E-state index is -0.352. The number of para-hydroxylation sites is 1. The third kappa shape index (κ3) is 2.70. The summed E-state index contributed by atoms with van der Waals surface area (Å²) in [5.41, 5.74) is 4.58. The van der Waals surface area contributed by atoms with Crippen LogP contribution >= 0.6 is 0 Å². The van der Waals surface area contributed by atoms with Crippen molar-refractivity contribution in [1.82, 2.24) is 0 Å². The van der Waals surface area contributed by atoms with Crippen molar-refractivity contribution in [2.24, 2.45) is 0 Å². The fourth-order valence-corrected chi connectivity index (χ4v) is 4.12. The number of nitrogens with zero attached hydrogens (tertiary/aromatic N) is 3. The fourth-order valence-electron chi connectivity index (χ4n) is 4.12. The number of amides is 2. The van der Waals surface area contributed by atoms with E-state index in [1.165, 1.54) is 4.90 Å². The van der Waals surface area contributed by atoms with Crippen LogP contribution in [-0.2, 0) is 16.0 Å². The highest BCUT2D eigenvalue weighted by Crippen LogP contribution is 2.39. The third-order valence-corrected chi connectivity index (χ3v) is 5.53. The summed E-state index contributed by atoms with van der Waals surface area (Å²) < 4.78 is 0. The van der Waals surface area contributed by atoms with Crippen molar-refractivity contribution in [3.63, 3.8) is 0 Å². The van der Waals surface area contributed by atoms with Gasteiger partial charge in [-0.15, -0.1) is 0 Å². The minimum Gasteiger partial charge on any atom is -0.336 e. The molecule has 5 heteroatoms. The first-order chi connectivity index (χ1) is 14.7. The second kappa shape index (κ2) is 7.02. The van der Waals surface area contributed by atoms with Gasteiger partial charge in [-0.1, -0.05) is 48.5 Å². The van der Waals surface area contributed by atoms with E-state index in [2.05, 4.69) is 12.1 Å². The Morgan fingerprint density at radius 1 is 0.800 bits per heavy atom. The van der Waals surface area contributed by atoms with Crippen molar-refractivity contribution >= 4 is 28.8 Å². The molecule has 3 aromatic carbocycles. The lowest BCUT2D eigenvalue weighted by Gasteiger charge is -2.21. The number of hydrogen-bond acceptors (Lipinski definition) is 4. The number of carbonyl (C=O) groups is 2. The van der Waals surface area contributed by atoms with Crippen LogP contribution in [-0.4, -0.2) is 18.4 Å². The van der Waals surface area contributed by atoms with Crippen LogP contribution in [0.3, 0.4) is 0 Å². The lowest BCUT2D eigenvalue weighted by Crippen LogP contribution is -2.34. The van der Waals surface area contributed by atoms with Crippen molar-refractivity contribution in [3.05, 3.63) is 101 Å². The van der Waals surface area contributed by atoms with E-state index in [4.69, 9.17) is 5.26 Å². The van der Waals surface area contributed by atoms with Gasteiger partial charge in [0.1, 0.15) is 5.70 Å². The standard InChI is InChI=1S/C25H17N3O2/c26-16-17-10-12-20(13-11-17)28-24(29)22(19-7-2-1-3-8-19)23(25(28)30)27-15-14-18-6-4-5-9-21(18)27/h1-13H,14-15H2. The lowest BCUT2D eigenvalue weighted by atomic mass is 10.0. The number of imide groups is 1. The average molecular weight is 391 g/mol. The van der Waals surface area contributed by atoms with Gasteiger partial charge in [0, 0.05) is 12.2 Å². The Labute approximate surface area is 174 Å². The second-order valence-corrected chi connectivity index (χ2v) is 7.22. The normalized spacial score (nSPS) is 15.6. The quantitative estimate of drug-likeness (QED) is 0.635. The monoisotopic (exact) mass is 391 g/mol. The molecule has 0 aromatic heterocycles. The summed E-state index contributed by atoms with van der Waals surface area (Å²) in [5.74, 6) is -0.699. The van der Waals surface area contributed by atoms with E-state index >= 15 is 0 Å². The number of carbonyl (C=O) groups excluding carboxylic acids is 2. The zero-order valence-corrected chi connectivity index (χ0v) is 16.1. The predicted octanol–water partition coefficient (Wildman–Crippen LogP) is 3.91. The van der Waals surface area contributed by atoms with Crippen LogP contribution in [0.15, 0.2) is 84.6 Å². The summed E-state index contributed by atoms with van der Waals surface area (Å²) in [6, 6.07) is 25.8. The highest BCUT2D eigenvalue weighted by molar-refractivity contribution is 6.46. The first kappa shape index (κ1) is 17.9. The third-order valence-electron chi connectivity index (χ3n) is 5.53. The molecule has 0 N–H and O–H groups in total. The maximum Gasteiger partial charge on any atom is 0.282 e. The van der Waals surface area contributed by atoms with Gasteiger partial charge in [0.05, 0.1) is 22.9 Å². The lowest BCUT2D eigenvalue weighted by molar-refractivity contribution is -0.120. The Balaban J connectivity index is 1.66. The van der Waals surface area contributed by atoms with Crippen molar-refractivity contribution < 1.29 is 9.59 Å². The van der Waals surface area contributed by atoms with Crippen LogP contribution in [0, 0.1) is 11.3 Å². The van der Waals surface area contributed by atoms with Gasteiger partial charge in [-0.2, -0.15) is 5.26 Å². The number of fused-ring (bicyclic) bond motifs is 1. The van der Waals surface area contributed by atoms with E-state index in [0.29, 0.717) is 34.6 Å². The SMILES string of the molecule is N#Cc1ccc(N2C(=O)C(c3ccccc3)=C(N3CCc4ccccc43)C2=O)cc1. The van der Waals surface area contributed by atoms with Gasteiger partial charge >= 0.3 is 0 Å². The summed E-state index contributed by atoms with van der Waals surface area (Å²) in [6.45, 7) is 0.644. The number of rotatable bonds is 3. The first-order valence-electron chi connectivity index (χ1n) is 9.73. The van der Waals surface area contributed by atoms with E-state index in [1.807, 2.05) is 53.4 Å². The Morgan fingerprint density at radius 2 is 1.50 bits per heavy atom. The van der Waals surface area contributed by atoms with Crippen molar-refractivity contribution in [3.8, 4) is 6.07 Å². The molecule has 0 bridgehead atoms. The van der Waals surface area contributed by atoms with E-state index in [0.717, 1.165) is 17.7 Å². The molecular weight excluding hydrogens is 374 g/mol. The molecule has 30 heavy (non-hydrogen) atoms. The number of nitriles is 1. The zero-order chi connectivity index (χ0) is 20.7. The molecule has 144 valence electrons. The molecule has 0 unspecified atom stereocenters. The average Bonchev–Trinajstić information content (AvgIpc) is 3.32. The Hall–Kier alpha value is -4.17. The smallest absolute Gasteiger partial charge is 0.282 e. The Kier molecular flexibility index (Phi) is 4.19. The molecule has 2 heterocycles. The molecule has 2 aliphatic rings. The van der Waals surface area contributed by atoms with Gasteiger partial charge in [0.25, 0.3) is 11.8 Å². The molecular formula is C25H17N3O2. The molecule has 0 saturated carbocycles. The summed E-state index contributed by atoms with van der Waals surface area (Å²) in [4.78, 5) is 30.3. The molecule has 0 fully saturated rings. The van der Waals surface area contributed by atoms with Crippen LogP contribution in [0.1, 0.15) is 16.7 Å². The van der Waals surface area contributed by atoms with Gasteiger partial charge in [0.2, 0.25) is 0 Å². The second-order valence-electron chi connectivity index (χ2n) is 7.22. The minimum absolute atomic E-state index is 0.347. The molecule has 0 aliphatic carbocycles. The predicted molar refractivity (Wildman–Crippen MR) is 115 cm³/mol. The van der Waals surface area contributed by atoms with Crippen LogP contribution in [0.4, 0.5) is 11.4 Å². The highest BCUT2D eigenvalue weighted by atomic mass is 16.2. The van der Waals surface area contributed by atoms with Gasteiger partial charge < -0.3 is 4.90 Å². The molecule has 0 saturated heterocycles. The van der Waals surface area contributed by atoms with Gasteiger partial charge in [-0.05, 0) is 47.9 Å². The van der Waals surface area contributed by atoms with Crippen molar-refractivity contribution in [2.75, 3.05) is 16.3 Å². The van der Waals surface area contributed by atoms with Gasteiger partial charge in [-0.3, -0.25) is 9.59 Å². The highest BCUT2D eigenvalue weighted by Gasteiger charge is 2.43. The molecule has 2 aliphatic heterocycles. The van der Waals surface area contributed by atoms with E-state index in [9.17, 15) is 9.59 Å². The number of benzene rings is 3. The molecule has 0 atom stereocenters. The van der Waals surface area contributed by atoms with Crippen LogP contribution < -0.4 is 9.80 Å². The molecule has 5 nitrogen and oxygen atoms in total. The topological polar surface area (TPSA) is 64.4 Å². The van der Waals surface area contributed by atoms with Crippen LogP contribution in [0.25, 0.3) is 5.57 Å². The van der Waals surface area contributed by atoms with E-state index in [-0.39, 0.29) is 11.8 Å². The maximum absolute atomic E-state index is 13.6. The largest absolute Gasteiger partial charge is 0.336 e. The maximum atomic E-state index is 13.6. The van der Waals surface area contributed by atoms with Crippen molar-refractivity contribution in [2.45, 2.75) is 6.42 Å². The molecule has 0 radical (unpaired) electrons. The zero-order valence-electron chi connectivity index (χ0n) is 16.1. The number of anilines is 2. The Bertz CT molecular complexity index is 1240. The summed E-state index contributed by atoms with van der Waals surface area (Å²) in [6.07, 6.45) is 0.820. The van der Waals surface area contributed by atoms with Crippen LogP contribution in [0.2, 0.25) is 0 Å². The van der Waals surface area contributed by atoms with Gasteiger partial charge in [0.15, 0.2) is 0 Å². The van der Waals surface area contributed by atoms with E-state index < -0.39 is 0 Å². The van der Waals surface area contributed by atoms with Crippen molar-refractivity contribution in [1.29, 1.82) is 5.26 Å². The Morgan fingerprint density at radius 3 is 2.23 bits per heavy atom. The van der Waals surface area contributed by atoms with Crippen LogP contribution in [0.5, 0.6) is 0 Å². The molecule has 5 rings (SSSR count). The molecule has 2 amide bonds. The summed E-state index contributed by atoms with van der Waals surface area (Å²) in [7, 11) is 0. The summed E-state index contributed by atoms with van der Waals surface area (Å²) in [5, 5.41) is 9.05. The first-order valence-corrected chi connectivity index (χ1v) is 9.73.